The number of rotatable bonds is 4. The summed E-state index contributed by atoms with van der Waals surface area (Å²) in [5.41, 5.74) is 0. The summed E-state index contributed by atoms with van der Waals surface area (Å²) in [4.78, 5) is 41.9. The van der Waals surface area contributed by atoms with Crippen LogP contribution in [0.4, 0.5) is 5.00 Å². The lowest BCUT2D eigenvalue weighted by molar-refractivity contribution is -0.138. The number of amides is 3. The number of piperidine rings is 2. The number of hydrogen-bond donors (Lipinski definition) is 1. The topological polar surface area (TPSA) is 69.7 Å². The van der Waals surface area contributed by atoms with Gasteiger partial charge in [-0.3, -0.25) is 14.4 Å². The van der Waals surface area contributed by atoms with E-state index in [1.165, 1.54) is 11.3 Å². The quantitative estimate of drug-likeness (QED) is 0.839. The number of likely N-dealkylation sites (tertiary alicyclic amines) is 2. The van der Waals surface area contributed by atoms with Crippen molar-refractivity contribution in [3.8, 4) is 0 Å². The second-order valence-electron chi connectivity index (χ2n) is 8.50. The van der Waals surface area contributed by atoms with Gasteiger partial charge in [-0.1, -0.05) is 6.92 Å². The number of nitrogens with zero attached hydrogens (tertiary/aromatic N) is 2. The fourth-order valence-corrected chi connectivity index (χ4v) is 4.94. The first kappa shape index (κ1) is 19.4. The van der Waals surface area contributed by atoms with E-state index in [1.807, 2.05) is 15.9 Å². The largest absolute Gasteiger partial charge is 0.342 e. The summed E-state index contributed by atoms with van der Waals surface area (Å²) < 4.78 is 0. The highest BCUT2D eigenvalue weighted by Crippen LogP contribution is 2.32. The first-order valence-corrected chi connectivity index (χ1v) is 11.3. The molecule has 0 unspecified atom stereocenters. The normalized spacial score (nSPS) is 21.6. The minimum Gasteiger partial charge on any atom is -0.342 e. The maximum Gasteiger partial charge on any atom is 0.263 e. The van der Waals surface area contributed by atoms with Gasteiger partial charge in [-0.05, 0) is 56.6 Å². The average Bonchev–Trinajstić information content (AvgIpc) is 3.47. The number of carbonyl (C=O) groups excluding carboxylic acids is 3. The summed E-state index contributed by atoms with van der Waals surface area (Å²) in [6.07, 6.45) is 5.61. The van der Waals surface area contributed by atoms with Crippen LogP contribution in [-0.4, -0.2) is 53.7 Å². The molecule has 1 saturated carbocycles. The molecule has 0 bridgehead atoms. The predicted octanol–water partition coefficient (Wildman–Crippen LogP) is 3.21. The molecule has 28 heavy (non-hydrogen) atoms. The zero-order chi connectivity index (χ0) is 19.7. The zero-order valence-corrected chi connectivity index (χ0v) is 17.3. The van der Waals surface area contributed by atoms with Crippen molar-refractivity contribution >= 4 is 34.1 Å². The Balaban J connectivity index is 1.27. The van der Waals surface area contributed by atoms with Crippen LogP contribution in [0.15, 0.2) is 12.1 Å². The highest BCUT2D eigenvalue weighted by Gasteiger charge is 2.33. The Morgan fingerprint density at radius 3 is 2.18 bits per heavy atom. The molecule has 4 rings (SSSR count). The van der Waals surface area contributed by atoms with Gasteiger partial charge in [0.15, 0.2) is 0 Å². The molecule has 0 radical (unpaired) electrons. The molecule has 3 heterocycles. The molecule has 3 amide bonds. The van der Waals surface area contributed by atoms with Crippen LogP contribution in [0.2, 0.25) is 0 Å². The van der Waals surface area contributed by atoms with Gasteiger partial charge in [0.1, 0.15) is 0 Å². The van der Waals surface area contributed by atoms with Crippen LogP contribution >= 0.6 is 11.3 Å². The van der Waals surface area contributed by atoms with E-state index >= 15 is 0 Å². The molecule has 1 N–H and O–H groups in total. The lowest BCUT2D eigenvalue weighted by Gasteiger charge is -2.36. The van der Waals surface area contributed by atoms with E-state index in [1.54, 1.807) is 6.07 Å². The van der Waals surface area contributed by atoms with Gasteiger partial charge in [0.25, 0.3) is 5.91 Å². The van der Waals surface area contributed by atoms with E-state index in [-0.39, 0.29) is 29.6 Å². The number of thiophene rings is 1. The molecule has 2 saturated heterocycles. The Labute approximate surface area is 170 Å². The van der Waals surface area contributed by atoms with E-state index in [4.69, 9.17) is 0 Å². The molecule has 0 spiro atoms. The fraction of sp³-hybridized carbons (Fsp3) is 0.667. The third kappa shape index (κ3) is 4.40. The van der Waals surface area contributed by atoms with E-state index in [0.717, 1.165) is 56.6 Å². The molecule has 1 aliphatic carbocycles. The molecule has 3 fully saturated rings. The summed E-state index contributed by atoms with van der Waals surface area (Å²) in [6.45, 7) is 5.26. The highest BCUT2D eigenvalue weighted by molar-refractivity contribution is 7.18. The van der Waals surface area contributed by atoms with Gasteiger partial charge < -0.3 is 15.1 Å². The molecule has 6 nitrogen and oxygen atoms in total. The van der Waals surface area contributed by atoms with Crippen LogP contribution < -0.4 is 5.32 Å². The zero-order valence-electron chi connectivity index (χ0n) is 16.5. The standard InChI is InChI=1S/C21H29N3O3S/c1-14-6-10-23(11-7-14)20(26)16-8-12-24(13-9-16)21(27)17-4-5-18(28-17)22-19(25)15-2-3-15/h4-5,14-16H,2-3,6-13H2,1H3,(H,22,25). The van der Waals surface area contributed by atoms with Gasteiger partial charge in [-0.15, -0.1) is 11.3 Å². The van der Waals surface area contributed by atoms with Crippen LogP contribution in [-0.2, 0) is 9.59 Å². The molecular formula is C21H29N3O3S. The van der Waals surface area contributed by atoms with Crippen LogP contribution in [0.25, 0.3) is 0 Å². The third-order valence-electron chi connectivity index (χ3n) is 6.24. The van der Waals surface area contributed by atoms with Crippen molar-refractivity contribution in [2.24, 2.45) is 17.8 Å². The number of nitrogens with one attached hydrogen (secondary N) is 1. The first-order chi connectivity index (χ1) is 13.5. The van der Waals surface area contributed by atoms with Crippen molar-refractivity contribution in [2.75, 3.05) is 31.5 Å². The molecule has 7 heteroatoms. The third-order valence-corrected chi connectivity index (χ3v) is 7.23. The summed E-state index contributed by atoms with van der Waals surface area (Å²) in [5.74, 6) is 1.27. The molecule has 1 aromatic heterocycles. The van der Waals surface area contributed by atoms with Crippen molar-refractivity contribution in [2.45, 2.75) is 45.4 Å². The highest BCUT2D eigenvalue weighted by atomic mass is 32.1. The minimum atomic E-state index is 0.00890. The van der Waals surface area contributed by atoms with E-state index in [9.17, 15) is 14.4 Å². The monoisotopic (exact) mass is 403 g/mol. The summed E-state index contributed by atoms with van der Waals surface area (Å²) in [7, 11) is 0. The predicted molar refractivity (Wildman–Crippen MR) is 109 cm³/mol. The fourth-order valence-electron chi connectivity index (χ4n) is 4.06. The number of hydrogen-bond acceptors (Lipinski definition) is 4. The van der Waals surface area contributed by atoms with Gasteiger partial charge in [0.2, 0.25) is 11.8 Å². The van der Waals surface area contributed by atoms with E-state index in [2.05, 4.69) is 12.2 Å². The smallest absolute Gasteiger partial charge is 0.263 e. The summed E-state index contributed by atoms with van der Waals surface area (Å²) in [5, 5.41) is 3.64. The average molecular weight is 404 g/mol. The van der Waals surface area contributed by atoms with Crippen molar-refractivity contribution in [1.29, 1.82) is 0 Å². The molecule has 2 aliphatic heterocycles. The van der Waals surface area contributed by atoms with Crippen LogP contribution in [0.5, 0.6) is 0 Å². The van der Waals surface area contributed by atoms with Crippen molar-refractivity contribution in [3.63, 3.8) is 0 Å². The van der Waals surface area contributed by atoms with Gasteiger partial charge >= 0.3 is 0 Å². The molecule has 3 aliphatic rings. The van der Waals surface area contributed by atoms with Crippen molar-refractivity contribution < 1.29 is 14.4 Å². The maximum absolute atomic E-state index is 12.8. The molecule has 152 valence electrons. The summed E-state index contributed by atoms with van der Waals surface area (Å²) in [6, 6.07) is 3.60. The maximum atomic E-state index is 12.8. The Hall–Kier alpha value is -1.89. The first-order valence-electron chi connectivity index (χ1n) is 10.5. The minimum absolute atomic E-state index is 0.00890. The van der Waals surface area contributed by atoms with Gasteiger partial charge in [0.05, 0.1) is 9.88 Å². The molecule has 0 atom stereocenters. The van der Waals surface area contributed by atoms with Gasteiger partial charge in [-0.2, -0.15) is 0 Å². The van der Waals surface area contributed by atoms with Crippen molar-refractivity contribution in [1.82, 2.24) is 9.80 Å². The second-order valence-corrected chi connectivity index (χ2v) is 9.59. The van der Waals surface area contributed by atoms with Gasteiger partial charge in [0, 0.05) is 38.0 Å². The van der Waals surface area contributed by atoms with Gasteiger partial charge in [-0.25, -0.2) is 0 Å². The lowest BCUT2D eigenvalue weighted by Crippen LogP contribution is -2.46. The Kier molecular flexibility index (Phi) is 5.71. The Bertz CT molecular complexity index is 742. The SMILES string of the molecule is CC1CCN(C(=O)C2CCN(C(=O)c3ccc(NC(=O)C4CC4)s3)CC2)CC1. The second kappa shape index (κ2) is 8.23. The van der Waals surface area contributed by atoms with E-state index in [0.29, 0.717) is 23.9 Å². The summed E-state index contributed by atoms with van der Waals surface area (Å²) >= 11 is 1.34. The molecule has 0 aromatic carbocycles. The molecule has 1 aromatic rings. The molecular weight excluding hydrogens is 374 g/mol. The van der Waals surface area contributed by atoms with Crippen LogP contribution in [0, 0.1) is 17.8 Å². The Morgan fingerprint density at radius 2 is 1.54 bits per heavy atom. The van der Waals surface area contributed by atoms with E-state index < -0.39 is 0 Å². The van der Waals surface area contributed by atoms with Crippen molar-refractivity contribution in [3.05, 3.63) is 17.0 Å². The van der Waals surface area contributed by atoms with Crippen LogP contribution in [0.3, 0.4) is 0 Å². The van der Waals surface area contributed by atoms with Crippen LogP contribution in [0.1, 0.15) is 55.1 Å². The number of carbonyl (C=O) groups is 3. The lowest BCUT2D eigenvalue weighted by atomic mass is 9.92. The Morgan fingerprint density at radius 1 is 0.893 bits per heavy atom. The number of anilines is 1.